The van der Waals surface area contributed by atoms with Crippen molar-refractivity contribution in [3.63, 3.8) is 0 Å². The first-order valence-electron chi connectivity index (χ1n) is 6.24. The van der Waals surface area contributed by atoms with E-state index in [9.17, 15) is 8.42 Å². The van der Waals surface area contributed by atoms with Crippen LogP contribution in [0.15, 0.2) is 30.3 Å². The SMILES string of the molecule is O=S1(=O)CC2NC(Cc3ccccc3)COC2C1. The summed E-state index contributed by atoms with van der Waals surface area (Å²) >= 11 is 0. The number of hydrogen-bond acceptors (Lipinski definition) is 4. The predicted octanol–water partition coefficient (Wildman–Crippen LogP) is 0.383. The van der Waals surface area contributed by atoms with Gasteiger partial charge in [0.1, 0.15) is 0 Å². The van der Waals surface area contributed by atoms with Crippen LogP contribution in [0.5, 0.6) is 0 Å². The standard InChI is InChI=1S/C13H17NO3S/c15-18(16)8-12-13(9-18)17-7-11(14-12)6-10-4-2-1-3-5-10/h1-5,11-14H,6-9H2. The highest BCUT2D eigenvalue weighted by Gasteiger charge is 2.42. The molecule has 3 unspecified atom stereocenters. The van der Waals surface area contributed by atoms with Crippen molar-refractivity contribution in [2.24, 2.45) is 0 Å². The Balaban J connectivity index is 1.65. The predicted molar refractivity (Wildman–Crippen MR) is 69.3 cm³/mol. The van der Waals surface area contributed by atoms with E-state index in [4.69, 9.17) is 4.74 Å². The Bertz CT molecular complexity index is 514. The van der Waals surface area contributed by atoms with Gasteiger partial charge in [-0.3, -0.25) is 0 Å². The minimum atomic E-state index is -2.91. The van der Waals surface area contributed by atoms with Gasteiger partial charge in [0.05, 0.1) is 24.2 Å². The van der Waals surface area contributed by atoms with E-state index in [-0.39, 0.29) is 29.7 Å². The lowest BCUT2D eigenvalue weighted by atomic mass is 10.0. The van der Waals surface area contributed by atoms with E-state index >= 15 is 0 Å². The Hall–Kier alpha value is -0.910. The maximum absolute atomic E-state index is 11.5. The third kappa shape index (κ3) is 2.58. The monoisotopic (exact) mass is 267 g/mol. The zero-order chi connectivity index (χ0) is 12.6. The molecular weight excluding hydrogens is 250 g/mol. The van der Waals surface area contributed by atoms with Gasteiger partial charge in [-0.2, -0.15) is 0 Å². The fraction of sp³-hybridized carbons (Fsp3) is 0.538. The van der Waals surface area contributed by atoms with E-state index in [0.717, 1.165) is 6.42 Å². The molecule has 2 aliphatic rings. The molecule has 0 spiro atoms. The fourth-order valence-corrected chi connectivity index (χ4v) is 4.57. The number of fused-ring (bicyclic) bond motifs is 1. The fourth-order valence-electron chi connectivity index (χ4n) is 2.74. The minimum absolute atomic E-state index is 0.0301. The molecule has 5 heteroatoms. The molecule has 0 aliphatic carbocycles. The van der Waals surface area contributed by atoms with Gasteiger partial charge in [-0.05, 0) is 12.0 Å². The van der Waals surface area contributed by atoms with Crippen molar-refractivity contribution in [2.75, 3.05) is 18.1 Å². The molecule has 0 radical (unpaired) electrons. The first-order valence-corrected chi connectivity index (χ1v) is 8.06. The van der Waals surface area contributed by atoms with Crippen molar-refractivity contribution in [3.8, 4) is 0 Å². The Morgan fingerprint density at radius 3 is 2.78 bits per heavy atom. The number of nitrogens with one attached hydrogen (secondary N) is 1. The van der Waals surface area contributed by atoms with Gasteiger partial charge in [-0.15, -0.1) is 0 Å². The largest absolute Gasteiger partial charge is 0.374 e. The molecule has 0 bridgehead atoms. The van der Waals surface area contributed by atoms with Gasteiger partial charge in [-0.25, -0.2) is 8.42 Å². The summed E-state index contributed by atoms with van der Waals surface area (Å²) in [6.45, 7) is 0.589. The van der Waals surface area contributed by atoms with Crippen molar-refractivity contribution >= 4 is 9.84 Å². The molecule has 3 rings (SSSR count). The molecule has 1 N–H and O–H groups in total. The summed E-state index contributed by atoms with van der Waals surface area (Å²) in [5.41, 5.74) is 1.25. The van der Waals surface area contributed by atoms with E-state index in [1.807, 2.05) is 18.2 Å². The molecule has 2 fully saturated rings. The lowest BCUT2D eigenvalue weighted by Gasteiger charge is -2.32. The molecule has 4 nitrogen and oxygen atoms in total. The molecule has 98 valence electrons. The number of rotatable bonds is 2. The molecule has 2 saturated heterocycles. The van der Waals surface area contributed by atoms with Gasteiger partial charge in [0, 0.05) is 12.1 Å². The number of sulfone groups is 1. The van der Waals surface area contributed by atoms with E-state index in [1.165, 1.54) is 5.56 Å². The lowest BCUT2D eigenvalue weighted by molar-refractivity contribution is -0.00325. The molecule has 1 aromatic rings. The maximum atomic E-state index is 11.5. The van der Waals surface area contributed by atoms with Crippen molar-refractivity contribution in [1.82, 2.24) is 5.32 Å². The first-order chi connectivity index (χ1) is 8.62. The highest BCUT2D eigenvalue weighted by Crippen LogP contribution is 2.21. The molecule has 2 aliphatic heterocycles. The maximum Gasteiger partial charge on any atom is 0.154 e. The van der Waals surface area contributed by atoms with Crippen LogP contribution in [-0.2, 0) is 21.0 Å². The Labute approximate surface area is 107 Å². The van der Waals surface area contributed by atoms with Gasteiger partial charge >= 0.3 is 0 Å². The van der Waals surface area contributed by atoms with Crippen molar-refractivity contribution in [2.45, 2.75) is 24.6 Å². The third-order valence-electron chi connectivity index (χ3n) is 3.59. The molecule has 0 aromatic heterocycles. The lowest BCUT2D eigenvalue weighted by Crippen LogP contribution is -2.54. The second-order valence-electron chi connectivity index (χ2n) is 5.11. The Kier molecular flexibility index (Phi) is 3.13. The second-order valence-corrected chi connectivity index (χ2v) is 7.26. The Morgan fingerprint density at radius 1 is 1.22 bits per heavy atom. The van der Waals surface area contributed by atoms with Crippen molar-refractivity contribution in [1.29, 1.82) is 0 Å². The molecule has 0 amide bonds. The van der Waals surface area contributed by atoms with Gasteiger partial charge in [0.15, 0.2) is 9.84 Å². The Morgan fingerprint density at radius 2 is 2.00 bits per heavy atom. The van der Waals surface area contributed by atoms with Crippen LogP contribution in [-0.4, -0.2) is 44.7 Å². The topological polar surface area (TPSA) is 55.4 Å². The normalized spacial score (nSPS) is 34.1. The third-order valence-corrected chi connectivity index (χ3v) is 5.29. The molecule has 2 heterocycles. The number of morpholine rings is 1. The van der Waals surface area contributed by atoms with Crippen LogP contribution >= 0.6 is 0 Å². The smallest absolute Gasteiger partial charge is 0.154 e. The summed E-state index contributed by atoms with van der Waals surface area (Å²) in [5.74, 6) is 0.381. The molecule has 1 aromatic carbocycles. The average molecular weight is 267 g/mol. The summed E-state index contributed by atoms with van der Waals surface area (Å²) in [5, 5.41) is 3.42. The van der Waals surface area contributed by atoms with Crippen LogP contribution in [0.25, 0.3) is 0 Å². The number of hydrogen-bond donors (Lipinski definition) is 1. The zero-order valence-electron chi connectivity index (χ0n) is 10.1. The summed E-state index contributed by atoms with van der Waals surface area (Å²) in [4.78, 5) is 0. The van der Waals surface area contributed by atoms with Gasteiger partial charge in [0.2, 0.25) is 0 Å². The van der Waals surface area contributed by atoms with Crippen LogP contribution in [0, 0.1) is 0 Å². The number of benzene rings is 1. The summed E-state index contributed by atoms with van der Waals surface area (Å²) in [7, 11) is -2.91. The minimum Gasteiger partial charge on any atom is -0.374 e. The van der Waals surface area contributed by atoms with Crippen LogP contribution in [0.4, 0.5) is 0 Å². The summed E-state index contributed by atoms with van der Waals surface area (Å²) in [6.07, 6.45) is 0.728. The average Bonchev–Trinajstić information content (AvgIpc) is 2.63. The van der Waals surface area contributed by atoms with Gasteiger partial charge in [0.25, 0.3) is 0 Å². The summed E-state index contributed by atoms with van der Waals surface area (Å²) < 4.78 is 28.8. The summed E-state index contributed by atoms with van der Waals surface area (Å²) in [6, 6.07) is 10.4. The molecule has 0 saturated carbocycles. The van der Waals surface area contributed by atoms with E-state index < -0.39 is 9.84 Å². The zero-order valence-corrected chi connectivity index (χ0v) is 10.9. The quantitative estimate of drug-likeness (QED) is 0.842. The van der Waals surface area contributed by atoms with Crippen LogP contribution < -0.4 is 5.32 Å². The molecule has 18 heavy (non-hydrogen) atoms. The van der Waals surface area contributed by atoms with E-state index in [1.54, 1.807) is 0 Å². The van der Waals surface area contributed by atoms with E-state index in [0.29, 0.717) is 6.61 Å². The first kappa shape index (κ1) is 12.1. The highest BCUT2D eigenvalue weighted by molar-refractivity contribution is 7.91. The van der Waals surface area contributed by atoms with Crippen LogP contribution in [0.2, 0.25) is 0 Å². The highest BCUT2D eigenvalue weighted by atomic mass is 32.2. The molecule has 3 atom stereocenters. The van der Waals surface area contributed by atoms with E-state index in [2.05, 4.69) is 17.4 Å². The number of ether oxygens (including phenoxy) is 1. The van der Waals surface area contributed by atoms with Gasteiger partial charge in [-0.1, -0.05) is 30.3 Å². The van der Waals surface area contributed by atoms with Gasteiger partial charge < -0.3 is 10.1 Å². The van der Waals surface area contributed by atoms with Crippen molar-refractivity contribution < 1.29 is 13.2 Å². The molecular formula is C13H17NO3S. The van der Waals surface area contributed by atoms with Crippen molar-refractivity contribution in [3.05, 3.63) is 35.9 Å². The van der Waals surface area contributed by atoms with Crippen LogP contribution in [0.3, 0.4) is 0 Å². The van der Waals surface area contributed by atoms with Crippen LogP contribution in [0.1, 0.15) is 5.56 Å². The second kappa shape index (κ2) is 4.64.